The number of benzene rings is 1. The van der Waals surface area contributed by atoms with Crippen molar-refractivity contribution in [1.29, 1.82) is 0 Å². The third kappa shape index (κ3) is 4.03. The van der Waals surface area contributed by atoms with Crippen LogP contribution >= 0.6 is 0 Å². The number of rotatable bonds is 5. The highest BCUT2D eigenvalue weighted by atomic mass is 32.2. The van der Waals surface area contributed by atoms with Gasteiger partial charge in [0, 0.05) is 53.2 Å². The van der Waals surface area contributed by atoms with Crippen molar-refractivity contribution in [3.63, 3.8) is 0 Å². The highest BCUT2D eigenvalue weighted by Crippen LogP contribution is 2.24. The van der Waals surface area contributed by atoms with Crippen molar-refractivity contribution in [3.8, 4) is 0 Å². The van der Waals surface area contributed by atoms with Crippen molar-refractivity contribution < 1.29 is 8.60 Å². The van der Waals surface area contributed by atoms with Crippen LogP contribution in [0.5, 0.6) is 0 Å². The maximum atomic E-state index is 14.1. The van der Waals surface area contributed by atoms with Gasteiger partial charge in [-0.05, 0) is 24.6 Å². The summed E-state index contributed by atoms with van der Waals surface area (Å²) in [5, 5.41) is 3.30. The first-order chi connectivity index (χ1) is 9.58. The molecule has 112 valence electrons. The van der Waals surface area contributed by atoms with Crippen molar-refractivity contribution >= 4 is 16.5 Å². The Hall–Kier alpha value is -0.940. The molecule has 0 bridgehead atoms. The van der Waals surface area contributed by atoms with Crippen molar-refractivity contribution in [2.45, 2.75) is 20.4 Å². The zero-order valence-corrected chi connectivity index (χ0v) is 13.0. The molecule has 20 heavy (non-hydrogen) atoms. The van der Waals surface area contributed by atoms with Gasteiger partial charge in [-0.25, -0.2) is 4.39 Å². The number of hydrogen-bond acceptors (Lipinski definition) is 3. The van der Waals surface area contributed by atoms with Crippen LogP contribution in [0.25, 0.3) is 0 Å². The van der Waals surface area contributed by atoms with Gasteiger partial charge in [-0.1, -0.05) is 19.9 Å². The largest absolute Gasteiger partial charge is 0.369 e. The van der Waals surface area contributed by atoms with Gasteiger partial charge in [0.05, 0.1) is 0 Å². The third-order valence-electron chi connectivity index (χ3n) is 3.47. The summed E-state index contributed by atoms with van der Waals surface area (Å²) >= 11 is 0. The molecule has 1 heterocycles. The van der Waals surface area contributed by atoms with Gasteiger partial charge >= 0.3 is 0 Å². The Morgan fingerprint density at radius 3 is 2.70 bits per heavy atom. The van der Waals surface area contributed by atoms with Crippen LogP contribution in [0.3, 0.4) is 0 Å². The summed E-state index contributed by atoms with van der Waals surface area (Å²) in [5.74, 6) is 1.73. The number of anilines is 1. The first-order valence-electron chi connectivity index (χ1n) is 7.16. The Labute approximate surface area is 123 Å². The van der Waals surface area contributed by atoms with E-state index < -0.39 is 10.8 Å². The van der Waals surface area contributed by atoms with Gasteiger partial charge in [0.15, 0.2) is 0 Å². The molecule has 0 saturated carbocycles. The van der Waals surface area contributed by atoms with Crippen LogP contribution in [0.4, 0.5) is 10.1 Å². The Morgan fingerprint density at radius 1 is 1.35 bits per heavy atom. The first kappa shape index (κ1) is 15.4. The summed E-state index contributed by atoms with van der Waals surface area (Å²) in [4.78, 5) is 2.15. The molecule has 3 nitrogen and oxygen atoms in total. The van der Waals surface area contributed by atoms with E-state index in [9.17, 15) is 8.60 Å². The lowest BCUT2D eigenvalue weighted by atomic mass is 10.1. The normalized spacial score (nSPS) is 16.9. The molecule has 0 spiro atoms. The van der Waals surface area contributed by atoms with Gasteiger partial charge < -0.3 is 10.2 Å². The standard InChI is InChI=1S/C15H23FN2OS/c1-12(2)10-17-11-13-14(16)4-3-5-15(13)18-6-8-20(19)9-7-18/h3-5,12,17H,6-11H2,1-2H3. The van der Waals surface area contributed by atoms with Crippen LogP contribution in [0, 0.1) is 11.7 Å². The van der Waals surface area contributed by atoms with Crippen LogP contribution in [0.15, 0.2) is 18.2 Å². The van der Waals surface area contributed by atoms with E-state index in [4.69, 9.17) is 0 Å². The Kier molecular flexibility index (Phi) is 5.54. The van der Waals surface area contributed by atoms with Crippen LogP contribution < -0.4 is 10.2 Å². The Bertz CT molecular complexity index is 469. The lowest BCUT2D eigenvalue weighted by Crippen LogP contribution is -2.38. The summed E-state index contributed by atoms with van der Waals surface area (Å²) in [6.45, 7) is 7.17. The van der Waals surface area contributed by atoms with Gasteiger partial charge in [-0.3, -0.25) is 4.21 Å². The molecule has 1 aliphatic heterocycles. The minimum atomic E-state index is -0.709. The summed E-state index contributed by atoms with van der Waals surface area (Å²) < 4.78 is 25.5. The fourth-order valence-corrected chi connectivity index (χ4v) is 3.44. The lowest BCUT2D eigenvalue weighted by Gasteiger charge is -2.30. The number of hydrogen-bond donors (Lipinski definition) is 1. The monoisotopic (exact) mass is 298 g/mol. The fraction of sp³-hybridized carbons (Fsp3) is 0.600. The predicted molar refractivity (Wildman–Crippen MR) is 83.0 cm³/mol. The highest BCUT2D eigenvalue weighted by molar-refractivity contribution is 7.85. The van der Waals surface area contributed by atoms with Gasteiger partial charge in [0.2, 0.25) is 0 Å². The molecule has 5 heteroatoms. The first-order valence-corrected chi connectivity index (χ1v) is 8.64. The molecular formula is C15H23FN2OS. The smallest absolute Gasteiger partial charge is 0.129 e. The Balaban J connectivity index is 2.11. The van der Waals surface area contributed by atoms with Crippen molar-refractivity contribution in [2.24, 2.45) is 5.92 Å². The quantitative estimate of drug-likeness (QED) is 0.904. The fourth-order valence-electron chi connectivity index (χ4n) is 2.38. The molecule has 0 radical (unpaired) electrons. The van der Waals surface area contributed by atoms with E-state index in [1.54, 1.807) is 6.07 Å². The second kappa shape index (κ2) is 7.18. The zero-order chi connectivity index (χ0) is 14.5. The summed E-state index contributed by atoms with van der Waals surface area (Å²) in [6.07, 6.45) is 0. The van der Waals surface area contributed by atoms with Crippen LogP contribution in [0.1, 0.15) is 19.4 Å². The average molecular weight is 298 g/mol. The lowest BCUT2D eigenvalue weighted by molar-refractivity contribution is 0.534. The third-order valence-corrected chi connectivity index (χ3v) is 4.74. The minimum absolute atomic E-state index is 0.162. The van der Waals surface area contributed by atoms with Crippen LogP contribution in [-0.4, -0.2) is 35.3 Å². The second-order valence-corrected chi connectivity index (χ2v) is 7.29. The van der Waals surface area contributed by atoms with E-state index in [1.807, 2.05) is 6.07 Å². The zero-order valence-electron chi connectivity index (χ0n) is 12.2. The Morgan fingerprint density at radius 2 is 2.05 bits per heavy atom. The maximum Gasteiger partial charge on any atom is 0.129 e. The van der Waals surface area contributed by atoms with E-state index in [1.165, 1.54) is 6.07 Å². The molecule has 1 saturated heterocycles. The molecule has 2 rings (SSSR count). The molecule has 0 aliphatic carbocycles. The number of halogens is 1. The second-order valence-electron chi connectivity index (χ2n) is 5.60. The molecule has 0 unspecified atom stereocenters. The van der Waals surface area contributed by atoms with E-state index in [0.29, 0.717) is 24.0 Å². The SMILES string of the molecule is CC(C)CNCc1c(F)cccc1N1CCS(=O)CC1. The van der Waals surface area contributed by atoms with Crippen molar-refractivity contribution in [3.05, 3.63) is 29.6 Å². The predicted octanol–water partition coefficient (Wildman–Crippen LogP) is 2.14. The summed E-state index contributed by atoms with van der Waals surface area (Å²) in [7, 11) is -0.709. The van der Waals surface area contributed by atoms with Crippen molar-refractivity contribution in [1.82, 2.24) is 5.32 Å². The molecule has 1 fully saturated rings. The molecule has 1 aromatic carbocycles. The maximum absolute atomic E-state index is 14.1. The number of nitrogens with zero attached hydrogens (tertiary/aromatic N) is 1. The molecule has 1 aliphatic rings. The highest BCUT2D eigenvalue weighted by Gasteiger charge is 2.19. The van der Waals surface area contributed by atoms with Gasteiger partial charge in [0.1, 0.15) is 5.82 Å². The van der Waals surface area contributed by atoms with E-state index >= 15 is 0 Å². The van der Waals surface area contributed by atoms with Gasteiger partial charge in [0.25, 0.3) is 0 Å². The summed E-state index contributed by atoms with van der Waals surface area (Å²) in [5.41, 5.74) is 1.67. The average Bonchev–Trinajstić information content (AvgIpc) is 2.41. The molecule has 0 amide bonds. The molecule has 0 atom stereocenters. The molecular weight excluding hydrogens is 275 g/mol. The van der Waals surface area contributed by atoms with E-state index in [0.717, 1.165) is 30.9 Å². The van der Waals surface area contributed by atoms with E-state index in [2.05, 4.69) is 24.1 Å². The van der Waals surface area contributed by atoms with Crippen LogP contribution in [0.2, 0.25) is 0 Å². The molecule has 0 aromatic heterocycles. The minimum Gasteiger partial charge on any atom is -0.369 e. The van der Waals surface area contributed by atoms with Crippen molar-refractivity contribution in [2.75, 3.05) is 36.0 Å². The van der Waals surface area contributed by atoms with E-state index in [-0.39, 0.29) is 5.82 Å². The molecule has 1 N–H and O–H groups in total. The topological polar surface area (TPSA) is 32.3 Å². The van der Waals surface area contributed by atoms with Gasteiger partial charge in [-0.15, -0.1) is 0 Å². The number of nitrogens with one attached hydrogen (secondary N) is 1. The van der Waals surface area contributed by atoms with Gasteiger partial charge in [-0.2, -0.15) is 0 Å². The molecule has 1 aromatic rings. The van der Waals surface area contributed by atoms with Crippen LogP contribution in [-0.2, 0) is 17.3 Å². The summed E-state index contributed by atoms with van der Waals surface area (Å²) in [6, 6.07) is 5.23.